The molecule has 0 saturated heterocycles. The number of hydrogen-bond acceptors (Lipinski definition) is 3. The predicted octanol–water partition coefficient (Wildman–Crippen LogP) is 3.15. The van der Waals surface area contributed by atoms with Gasteiger partial charge in [-0.15, -0.1) is 0 Å². The Kier molecular flexibility index (Phi) is 3.86. The first kappa shape index (κ1) is 13.6. The summed E-state index contributed by atoms with van der Waals surface area (Å²) in [5, 5.41) is 3.23. The molecule has 3 rings (SSSR count). The van der Waals surface area contributed by atoms with E-state index in [0.29, 0.717) is 18.5 Å². The van der Waals surface area contributed by atoms with Gasteiger partial charge in [-0.25, -0.2) is 4.39 Å². The lowest BCUT2D eigenvalue weighted by Crippen LogP contribution is -2.31. The van der Waals surface area contributed by atoms with Crippen LogP contribution in [0.1, 0.15) is 11.1 Å². The number of nitrogens with one attached hydrogen (secondary N) is 1. The quantitative estimate of drug-likeness (QED) is 0.880. The molecule has 1 atom stereocenters. The first-order valence-corrected chi connectivity index (χ1v) is 6.96. The highest BCUT2D eigenvalue weighted by Gasteiger charge is 2.25. The van der Waals surface area contributed by atoms with Crippen LogP contribution in [-0.4, -0.2) is 12.5 Å². The molecular formula is C17H16FNO2. The third-order valence-electron chi connectivity index (χ3n) is 3.68. The Bertz CT molecular complexity index is 657. The van der Waals surface area contributed by atoms with Crippen LogP contribution >= 0.6 is 0 Å². The molecule has 3 nitrogen and oxygen atoms in total. The van der Waals surface area contributed by atoms with E-state index in [0.717, 1.165) is 11.3 Å². The van der Waals surface area contributed by atoms with E-state index in [1.165, 1.54) is 6.07 Å². The molecule has 0 amide bonds. The number of carbonyl (C=O) groups excluding carboxylic acids is 1. The van der Waals surface area contributed by atoms with Gasteiger partial charge in [0.15, 0.2) is 0 Å². The highest BCUT2D eigenvalue weighted by Crippen LogP contribution is 2.25. The van der Waals surface area contributed by atoms with Gasteiger partial charge in [0.25, 0.3) is 0 Å². The monoisotopic (exact) mass is 285 g/mol. The van der Waals surface area contributed by atoms with Crippen molar-refractivity contribution >= 4 is 11.7 Å². The maximum Gasteiger partial charge on any atom is 0.311 e. The van der Waals surface area contributed by atoms with Gasteiger partial charge >= 0.3 is 5.97 Å². The van der Waals surface area contributed by atoms with Crippen molar-refractivity contribution in [2.45, 2.75) is 13.0 Å². The van der Waals surface area contributed by atoms with Crippen molar-refractivity contribution in [1.82, 2.24) is 0 Å². The van der Waals surface area contributed by atoms with Gasteiger partial charge in [0, 0.05) is 17.8 Å². The van der Waals surface area contributed by atoms with E-state index in [-0.39, 0.29) is 24.3 Å². The van der Waals surface area contributed by atoms with Crippen molar-refractivity contribution in [3.05, 3.63) is 65.5 Å². The summed E-state index contributed by atoms with van der Waals surface area (Å²) in [7, 11) is 0. The number of rotatable bonds is 3. The molecule has 0 aromatic heterocycles. The number of para-hydroxylation sites is 1. The number of hydrogen-bond donors (Lipinski definition) is 1. The first-order valence-electron chi connectivity index (χ1n) is 6.96. The minimum Gasteiger partial charge on any atom is -0.460 e. The normalized spacial score (nSPS) is 16.7. The van der Waals surface area contributed by atoms with E-state index < -0.39 is 0 Å². The van der Waals surface area contributed by atoms with Gasteiger partial charge in [-0.2, -0.15) is 0 Å². The maximum absolute atomic E-state index is 13.5. The second kappa shape index (κ2) is 5.95. The minimum absolute atomic E-state index is 0.0242. The molecule has 1 heterocycles. The Hall–Kier alpha value is -2.36. The van der Waals surface area contributed by atoms with Crippen molar-refractivity contribution in [2.24, 2.45) is 5.92 Å². The molecule has 2 aromatic carbocycles. The average Bonchev–Trinajstić information content (AvgIpc) is 2.53. The van der Waals surface area contributed by atoms with Crippen LogP contribution in [0.25, 0.3) is 0 Å². The molecular weight excluding hydrogens is 269 g/mol. The van der Waals surface area contributed by atoms with Gasteiger partial charge in [-0.3, -0.25) is 4.79 Å². The fraction of sp³-hybridized carbons (Fsp3) is 0.235. The van der Waals surface area contributed by atoms with Crippen LogP contribution in [0.2, 0.25) is 0 Å². The van der Waals surface area contributed by atoms with Crippen molar-refractivity contribution in [1.29, 1.82) is 0 Å². The maximum atomic E-state index is 13.5. The summed E-state index contributed by atoms with van der Waals surface area (Å²) >= 11 is 0. The van der Waals surface area contributed by atoms with E-state index in [1.807, 2.05) is 24.3 Å². The van der Waals surface area contributed by atoms with Crippen LogP contribution in [0.3, 0.4) is 0 Å². The van der Waals surface area contributed by atoms with Crippen LogP contribution in [0.4, 0.5) is 10.1 Å². The Labute approximate surface area is 122 Å². The fourth-order valence-corrected chi connectivity index (χ4v) is 2.49. The predicted molar refractivity (Wildman–Crippen MR) is 78.3 cm³/mol. The average molecular weight is 285 g/mol. The summed E-state index contributed by atoms with van der Waals surface area (Å²) in [5.41, 5.74) is 2.57. The summed E-state index contributed by atoms with van der Waals surface area (Å²) in [6.07, 6.45) is 0.652. The molecule has 0 saturated carbocycles. The highest BCUT2D eigenvalue weighted by molar-refractivity contribution is 5.75. The number of benzene rings is 2. The fourth-order valence-electron chi connectivity index (χ4n) is 2.49. The van der Waals surface area contributed by atoms with E-state index in [2.05, 4.69) is 5.32 Å². The summed E-state index contributed by atoms with van der Waals surface area (Å²) in [5.74, 6) is -0.871. The number of ether oxygens (including phenoxy) is 1. The Balaban J connectivity index is 1.61. The lowest BCUT2D eigenvalue weighted by Gasteiger charge is -2.24. The summed E-state index contributed by atoms with van der Waals surface area (Å²) in [4.78, 5) is 12.1. The van der Waals surface area contributed by atoms with Crippen molar-refractivity contribution < 1.29 is 13.9 Å². The number of carbonyl (C=O) groups is 1. The molecule has 2 aromatic rings. The topological polar surface area (TPSA) is 38.3 Å². The van der Waals surface area contributed by atoms with Crippen LogP contribution < -0.4 is 5.32 Å². The molecule has 0 spiro atoms. The van der Waals surface area contributed by atoms with Crippen LogP contribution in [0, 0.1) is 11.7 Å². The molecule has 1 unspecified atom stereocenters. The molecule has 21 heavy (non-hydrogen) atoms. The summed E-state index contributed by atoms with van der Waals surface area (Å²) in [6, 6.07) is 14.2. The molecule has 0 bridgehead atoms. The smallest absolute Gasteiger partial charge is 0.311 e. The lowest BCUT2D eigenvalue weighted by atomic mass is 9.94. The second-order valence-corrected chi connectivity index (χ2v) is 5.14. The van der Waals surface area contributed by atoms with Gasteiger partial charge in [0.05, 0.1) is 5.92 Å². The van der Waals surface area contributed by atoms with Gasteiger partial charge in [-0.1, -0.05) is 36.4 Å². The molecule has 0 fully saturated rings. The van der Waals surface area contributed by atoms with E-state index in [1.54, 1.807) is 18.2 Å². The molecule has 0 radical (unpaired) electrons. The standard InChI is InChI=1S/C17H16FNO2/c18-15-7-3-1-6-13(15)11-21-17(20)14-9-12-5-2-4-8-16(12)19-10-14/h1-8,14,19H,9-11H2. The largest absolute Gasteiger partial charge is 0.460 e. The second-order valence-electron chi connectivity index (χ2n) is 5.14. The molecule has 4 heteroatoms. The zero-order valence-electron chi connectivity index (χ0n) is 11.5. The summed E-state index contributed by atoms with van der Waals surface area (Å²) < 4.78 is 18.7. The van der Waals surface area contributed by atoms with E-state index >= 15 is 0 Å². The van der Waals surface area contributed by atoms with Crippen molar-refractivity contribution in [3.8, 4) is 0 Å². The van der Waals surface area contributed by atoms with Crippen molar-refractivity contribution in [2.75, 3.05) is 11.9 Å². The Morgan fingerprint density at radius 2 is 1.95 bits per heavy atom. The van der Waals surface area contributed by atoms with Crippen LogP contribution in [-0.2, 0) is 22.6 Å². The number of esters is 1. The zero-order valence-corrected chi connectivity index (χ0v) is 11.5. The first-order chi connectivity index (χ1) is 10.2. The Morgan fingerprint density at radius 1 is 1.19 bits per heavy atom. The van der Waals surface area contributed by atoms with E-state index in [9.17, 15) is 9.18 Å². The lowest BCUT2D eigenvalue weighted by molar-refractivity contribution is -0.149. The van der Waals surface area contributed by atoms with Gasteiger partial charge in [0.2, 0.25) is 0 Å². The number of anilines is 1. The summed E-state index contributed by atoms with van der Waals surface area (Å²) in [6.45, 7) is 0.525. The SMILES string of the molecule is O=C(OCc1ccccc1F)C1CNc2ccccc2C1. The van der Waals surface area contributed by atoms with Crippen LogP contribution in [0.5, 0.6) is 0 Å². The molecule has 1 N–H and O–H groups in total. The van der Waals surface area contributed by atoms with Gasteiger partial charge in [0.1, 0.15) is 12.4 Å². The van der Waals surface area contributed by atoms with Crippen molar-refractivity contribution in [3.63, 3.8) is 0 Å². The molecule has 1 aliphatic heterocycles. The van der Waals surface area contributed by atoms with Gasteiger partial charge in [-0.05, 0) is 24.1 Å². The third kappa shape index (κ3) is 3.05. The molecule has 1 aliphatic rings. The molecule has 0 aliphatic carbocycles. The van der Waals surface area contributed by atoms with Crippen LogP contribution in [0.15, 0.2) is 48.5 Å². The number of fused-ring (bicyclic) bond motifs is 1. The minimum atomic E-state index is -0.350. The third-order valence-corrected chi connectivity index (χ3v) is 3.68. The molecule has 108 valence electrons. The van der Waals surface area contributed by atoms with Gasteiger partial charge < -0.3 is 10.1 Å². The number of halogens is 1. The highest BCUT2D eigenvalue weighted by atomic mass is 19.1. The zero-order chi connectivity index (χ0) is 14.7. The Morgan fingerprint density at radius 3 is 2.81 bits per heavy atom. The van der Waals surface area contributed by atoms with E-state index in [4.69, 9.17) is 4.74 Å².